The molecular formula is C34H32N4O4. The van der Waals surface area contributed by atoms with Crippen LogP contribution in [0, 0.1) is 0 Å². The molecule has 0 saturated carbocycles. The number of hydrogen-bond acceptors (Lipinski definition) is 5. The Morgan fingerprint density at radius 2 is 1.57 bits per heavy atom. The van der Waals surface area contributed by atoms with Gasteiger partial charge in [0.25, 0.3) is 11.8 Å². The van der Waals surface area contributed by atoms with Gasteiger partial charge in [0.2, 0.25) is 0 Å². The van der Waals surface area contributed by atoms with Gasteiger partial charge in [-0.1, -0.05) is 54.6 Å². The van der Waals surface area contributed by atoms with E-state index in [4.69, 9.17) is 9.47 Å². The molecular weight excluding hydrogens is 528 g/mol. The Balaban J connectivity index is 1.34. The van der Waals surface area contributed by atoms with Gasteiger partial charge >= 0.3 is 0 Å². The zero-order valence-corrected chi connectivity index (χ0v) is 23.3. The fraction of sp³-hybridized carbons (Fsp3) is 0.235. The lowest BCUT2D eigenvalue weighted by molar-refractivity contribution is -0.122. The number of carbonyl (C=O) groups is 2. The van der Waals surface area contributed by atoms with E-state index >= 15 is 0 Å². The van der Waals surface area contributed by atoms with Crippen LogP contribution in [0.25, 0.3) is 33.0 Å². The summed E-state index contributed by atoms with van der Waals surface area (Å²) in [5, 5.41) is 4.30. The van der Waals surface area contributed by atoms with Gasteiger partial charge in [0.15, 0.2) is 0 Å². The van der Waals surface area contributed by atoms with Crippen LogP contribution in [-0.4, -0.2) is 59.1 Å². The van der Waals surface area contributed by atoms with Crippen molar-refractivity contribution in [3.8, 4) is 5.75 Å². The third kappa shape index (κ3) is 4.89. The van der Waals surface area contributed by atoms with Gasteiger partial charge in [-0.05, 0) is 30.2 Å². The van der Waals surface area contributed by atoms with Crippen molar-refractivity contribution in [3.05, 3.63) is 102 Å². The number of imide groups is 1. The molecule has 1 saturated heterocycles. The van der Waals surface area contributed by atoms with Gasteiger partial charge in [0.05, 0.1) is 29.9 Å². The third-order valence-electron chi connectivity index (χ3n) is 8.14. The lowest BCUT2D eigenvalue weighted by atomic mass is 9.95. The molecule has 0 aliphatic carbocycles. The maximum absolute atomic E-state index is 13.5. The van der Waals surface area contributed by atoms with Gasteiger partial charge in [0.1, 0.15) is 12.4 Å². The van der Waals surface area contributed by atoms with Crippen molar-refractivity contribution in [3.63, 3.8) is 0 Å². The average Bonchev–Trinajstić information content (AvgIpc) is 3.70. The highest BCUT2D eigenvalue weighted by Gasteiger charge is 2.35. The molecule has 8 nitrogen and oxygen atoms in total. The highest BCUT2D eigenvalue weighted by molar-refractivity contribution is 6.51. The van der Waals surface area contributed by atoms with Crippen LogP contribution >= 0.6 is 0 Å². The second kappa shape index (κ2) is 11.3. The second-order valence-corrected chi connectivity index (χ2v) is 10.7. The topological polar surface area (TPSA) is 88.6 Å². The van der Waals surface area contributed by atoms with Crippen LogP contribution in [0.5, 0.6) is 5.75 Å². The summed E-state index contributed by atoms with van der Waals surface area (Å²) >= 11 is 0. The summed E-state index contributed by atoms with van der Waals surface area (Å²) in [6.07, 6.45) is 4.77. The smallest absolute Gasteiger partial charge is 0.259 e. The summed E-state index contributed by atoms with van der Waals surface area (Å²) in [5.74, 6) is -0.114. The molecule has 0 atom stereocenters. The van der Waals surface area contributed by atoms with E-state index in [1.165, 1.54) is 0 Å². The summed E-state index contributed by atoms with van der Waals surface area (Å²) in [6.45, 7) is 5.54. The fourth-order valence-electron chi connectivity index (χ4n) is 6.09. The number of benzene rings is 3. The number of H-pyrrole nitrogens is 1. The van der Waals surface area contributed by atoms with Gasteiger partial charge in [-0.3, -0.25) is 19.8 Å². The molecule has 0 radical (unpaired) electrons. The summed E-state index contributed by atoms with van der Waals surface area (Å²) in [6, 6.07) is 23.8. The van der Waals surface area contributed by atoms with E-state index in [0.29, 0.717) is 34.6 Å². The predicted octanol–water partition coefficient (Wildman–Crippen LogP) is 4.99. The SMILES string of the molecule is O=C1NC(=O)C(c2cn(CCCN3CCOCC3)c3cccc(OCc4ccccc4)c23)=C1c1c[nH]c2ccccc12. The Labute approximate surface area is 243 Å². The molecule has 0 bridgehead atoms. The number of carbonyl (C=O) groups excluding carboxylic acids is 2. The highest BCUT2D eigenvalue weighted by atomic mass is 16.5. The molecule has 42 heavy (non-hydrogen) atoms. The zero-order valence-electron chi connectivity index (χ0n) is 23.3. The van der Waals surface area contributed by atoms with Crippen molar-refractivity contribution in [1.29, 1.82) is 0 Å². The first-order chi connectivity index (χ1) is 20.7. The molecule has 2 aliphatic rings. The van der Waals surface area contributed by atoms with E-state index in [2.05, 4.69) is 25.8 Å². The van der Waals surface area contributed by atoms with Crippen LogP contribution in [0.2, 0.25) is 0 Å². The van der Waals surface area contributed by atoms with E-state index in [1.54, 1.807) is 0 Å². The van der Waals surface area contributed by atoms with Crippen molar-refractivity contribution in [1.82, 2.24) is 19.8 Å². The number of amides is 2. The van der Waals surface area contributed by atoms with Gasteiger partial charge < -0.3 is 19.0 Å². The Bertz CT molecular complexity index is 1810. The Hall–Kier alpha value is -4.66. The average molecular weight is 561 g/mol. The molecule has 3 aromatic carbocycles. The number of ether oxygens (including phenoxy) is 2. The summed E-state index contributed by atoms with van der Waals surface area (Å²) in [5.41, 5.74) is 5.08. The van der Waals surface area contributed by atoms with Crippen LogP contribution in [0.15, 0.2) is 85.2 Å². The number of aryl methyl sites for hydroxylation is 1. The first-order valence-corrected chi connectivity index (χ1v) is 14.4. The number of rotatable bonds is 9. The second-order valence-electron chi connectivity index (χ2n) is 10.7. The molecule has 4 heterocycles. The normalized spacial score (nSPS) is 16.1. The van der Waals surface area contributed by atoms with E-state index in [9.17, 15) is 9.59 Å². The molecule has 1 fully saturated rings. The minimum atomic E-state index is -0.398. The molecule has 2 aliphatic heterocycles. The van der Waals surface area contributed by atoms with Crippen molar-refractivity contribution >= 4 is 44.8 Å². The molecule has 5 aromatic rings. The Morgan fingerprint density at radius 1 is 0.810 bits per heavy atom. The number of aromatic amines is 1. The minimum absolute atomic E-state index is 0.373. The standard InChI is InChI=1S/C34H32N4O4/c39-33-31(25-20-35-27-11-5-4-10-24(25)27)32(34(40)36-33)26-21-38(15-7-14-37-16-18-41-19-17-37)28-12-6-13-29(30(26)28)42-22-23-8-2-1-3-9-23/h1-6,8-13,20-21,35H,7,14-19,22H2,(H,36,39,40). The molecule has 8 heteroatoms. The van der Waals surface area contributed by atoms with Gasteiger partial charge in [0, 0.05) is 66.0 Å². The molecule has 7 rings (SSSR count). The van der Waals surface area contributed by atoms with Gasteiger partial charge in [-0.15, -0.1) is 0 Å². The number of para-hydroxylation sites is 1. The number of morpholine rings is 1. The number of nitrogens with zero attached hydrogens (tertiary/aromatic N) is 2. The summed E-state index contributed by atoms with van der Waals surface area (Å²) in [7, 11) is 0. The van der Waals surface area contributed by atoms with Gasteiger partial charge in [-0.2, -0.15) is 0 Å². The Morgan fingerprint density at radius 3 is 2.40 bits per heavy atom. The highest BCUT2D eigenvalue weighted by Crippen LogP contribution is 2.41. The van der Waals surface area contributed by atoms with Crippen LogP contribution in [0.3, 0.4) is 0 Å². The maximum Gasteiger partial charge on any atom is 0.259 e. The number of aromatic nitrogens is 2. The lowest BCUT2D eigenvalue weighted by Crippen LogP contribution is -2.37. The van der Waals surface area contributed by atoms with Crippen LogP contribution in [-0.2, 0) is 27.5 Å². The van der Waals surface area contributed by atoms with Crippen LogP contribution in [0.1, 0.15) is 23.1 Å². The van der Waals surface area contributed by atoms with E-state index in [0.717, 1.165) is 73.2 Å². The number of hydrogen-bond donors (Lipinski definition) is 2. The first kappa shape index (κ1) is 26.3. The predicted molar refractivity (Wildman–Crippen MR) is 163 cm³/mol. The fourth-order valence-corrected chi connectivity index (χ4v) is 6.09. The molecule has 0 unspecified atom stereocenters. The van der Waals surface area contributed by atoms with Crippen LogP contribution in [0.4, 0.5) is 0 Å². The van der Waals surface area contributed by atoms with Crippen molar-refractivity contribution < 1.29 is 19.1 Å². The first-order valence-electron chi connectivity index (χ1n) is 14.4. The van der Waals surface area contributed by atoms with Crippen molar-refractivity contribution in [2.24, 2.45) is 0 Å². The minimum Gasteiger partial charge on any atom is -0.488 e. The molecule has 0 spiro atoms. The lowest BCUT2D eigenvalue weighted by Gasteiger charge is -2.26. The molecule has 2 amide bonds. The van der Waals surface area contributed by atoms with Crippen molar-refractivity contribution in [2.45, 2.75) is 19.6 Å². The largest absolute Gasteiger partial charge is 0.488 e. The summed E-state index contributed by atoms with van der Waals surface area (Å²) in [4.78, 5) is 32.5. The quantitative estimate of drug-likeness (QED) is 0.248. The van der Waals surface area contributed by atoms with E-state index in [1.807, 2.05) is 79.1 Å². The molecule has 2 N–H and O–H groups in total. The van der Waals surface area contributed by atoms with E-state index < -0.39 is 11.8 Å². The summed E-state index contributed by atoms with van der Waals surface area (Å²) < 4.78 is 14.1. The van der Waals surface area contributed by atoms with Gasteiger partial charge in [-0.25, -0.2) is 0 Å². The zero-order chi connectivity index (χ0) is 28.5. The molecule has 2 aromatic heterocycles. The Kier molecular flexibility index (Phi) is 7.07. The monoisotopic (exact) mass is 560 g/mol. The number of nitrogens with one attached hydrogen (secondary N) is 2. The molecule has 212 valence electrons. The van der Waals surface area contributed by atoms with Crippen molar-refractivity contribution in [2.75, 3.05) is 32.8 Å². The third-order valence-corrected chi connectivity index (χ3v) is 8.14. The number of fused-ring (bicyclic) bond motifs is 2. The van der Waals surface area contributed by atoms with Crippen LogP contribution < -0.4 is 10.1 Å². The maximum atomic E-state index is 13.5. The van der Waals surface area contributed by atoms with E-state index in [-0.39, 0.29) is 0 Å².